The zero-order valence-corrected chi connectivity index (χ0v) is 23.5. The van der Waals surface area contributed by atoms with Crippen LogP contribution in [0.2, 0.25) is 0 Å². The first kappa shape index (κ1) is 28.3. The molecular weight excluding hydrogens is 510 g/mol. The zero-order valence-electron chi connectivity index (χ0n) is 23.5. The minimum Gasteiger partial charge on any atom is -0.496 e. The molecule has 4 unspecified atom stereocenters. The van der Waals surface area contributed by atoms with E-state index in [-0.39, 0.29) is 70.4 Å². The molecule has 1 aromatic carbocycles. The summed E-state index contributed by atoms with van der Waals surface area (Å²) in [5, 5.41) is 25.8. The van der Waals surface area contributed by atoms with Crippen molar-refractivity contribution in [2.75, 3.05) is 7.11 Å². The van der Waals surface area contributed by atoms with E-state index < -0.39 is 11.4 Å². The third-order valence-electron chi connectivity index (χ3n) is 9.98. The molecule has 40 heavy (non-hydrogen) atoms. The molecule has 4 fully saturated rings. The third-order valence-corrected chi connectivity index (χ3v) is 9.98. The molecule has 4 aliphatic carbocycles. The van der Waals surface area contributed by atoms with Crippen LogP contribution in [0.3, 0.4) is 0 Å². The number of rotatable bonds is 8. The highest BCUT2D eigenvalue weighted by atomic mass is 16.5. The number of methoxy groups -OCH3 is 1. The van der Waals surface area contributed by atoms with E-state index in [0.29, 0.717) is 25.7 Å². The van der Waals surface area contributed by atoms with Crippen molar-refractivity contribution < 1.29 is 29.0 Å². The number of hydrogen-bond acceptors (Lipinski definition) is 6. The summed E-state index contributed by atoms with van der Waals surface area (Å²) < 4.78 is 11.7. The summed E-state index contributed by atoms with van der Waals surface area (Å²) in [6.07, 6.45) is 10.3. The lowest BCUT2D eigenvalue weighted by atomic mass is 9.75. The maximum absolute atomic E-state index is 13.7. The monoisotopic (exact) mass is 551 g/mol. The third kappa shape index (κ3) is 5.63. The van der Waals surface area contributed by atoms with Crippen molar-refractivity contribution in [2.45, 2.75) is 102 Å². The van der Waals surface area contributed by atoms with Crippen LogP contribution < -0.4 is 20.1 Å². The van der Waals surface area contributed by atoms with E-state index in [0.717, 1.165) is 44.9 Å². The Bertz CT molecular complexity index is 1180. The Morgan fingerprint density at radius 3 is 2.33 bits per heavy atom. The van der Waals surface area contributed by atoms with Gasteiger partial charge in [0.1, 0.15) is 17.6 Å². The number of hydrogen-bond donors (Lipinski definition) is 3. The SMILES string of the molecule is COc1cc(C#N)c(OC2CCC(C)(C(=O)O)CC2)cc1C(=O)NC1C2CCC(C2)C1C(=O)NC1CCCCC1. The molecular formula is C31H41N3O6. The highest BCUT2D eigenvalue weighted by molar-refractivity contribution is 5.98. The average Bonchev–Trinajstić information content (AvgIpc) is 3.56. The molecule has 0 aromatic heterocycles. The molecule has 9 heteroatoms. The van der Waals surface area contributed by atoms with E-state index in [1.807, 2.05) is 0 Å². The van der Waals surface area contributed by atoms with Gasteiger partial charge >= 0.3 is 5.97 Å². The zero-order chi connectivity index (χ0) is 28.4. The van der Waals surface area contributed by atoms with Crippen molar-refractivity contribution in [3.63, 3.8) is 0 Å². The van der Waals surface area contributed by atoms with Gasteiger partial charge in [0.25, 0.3) is 5.91 Å². The quantitative estimate of drug-likeness (QED) is 0.430. The van der Waals surface area contributed by atoms with E-state index in [2.05, 4.69) is 16.7 Å². The molecule has 3 N–H and O–H groups in total. The number of carbonyl (C=O) groups excluding carboxylic acids is 2. The second-order valence-electron chi connectivity index (χ2n) is 12.5. The molecule has 0 aliphatic heterocycles. The van der Waals surface area contributed by atoms with Crippen molar-refractivity contribution in [1.82, 2.24) is 10.6 Å². The summed E-state index contributed by atoms with van der Waals surface area (Å²) in [6, 6.07) is 5.19. The standard InChI is InChI=1S/C31H41N3O6/c1-31(30(37)38)12-10-22(11-13-31)40-24-16-23(25(39-2)15-20(24)17-32)28(35)34-27-19-9-8-18(14-19)26(27)29(36)33-21-6-4-3-5-7-21/h15-16,18-19,21-22,26-27H,3-14H2,1-2H3,(H,33,36)(H,34,35)(H,37,38). The molecule has 9 nitrogen and oxygen atoms in total. The molecule has 0 spiro atoms. The van der Waals surface area contributed by atoms with Crippen LogP contribution in [0.1, 0.15) is 99.9 Å². The molecule has 0 saturated heterocycles. The lowest BCUT2D eigenvalue weighted by Gasteiger charge is -2.34. The summed E-state index contributed by atoms with van der Waals surface area (Å²) in [4.78, 5) is 38.7. The summed E-state index contributed by atoms with van der Waals surface area (Å²) >= 11 is 0. The number of ether oxygens (including phenoxy) is 2. The maximum Gasteiger partial charge on any atom is 0.309 e. The Morgan fingerprint density at radius 1 is 0.975 bits per heavy atom. The molecule has 4 aliphatic rings. The largest absolute Gasteiger partial charge is 0.496 e. The molecule has 216 valence electrons. The highest BCUT2D eigenvalue weighted by Gasteiger charge is 2.51. The second-order valence-corrected chi connectivity index (χ2v) is 12.5. The molecule has 4 saturated carbocycles. The molecule has 0 heterocycles. The van der Waals surface area contributed by atoms with Crippen LogP contribution >= 0.6 is 0 Å². The fraction of sp³-hybridized carbons (Fsp3) is 0.677. The predicted molar refractivity (Wildman–Crippen MR) is 147 cm³/mol. The van der Waals surface area contributed by atoms with Crippen LogP contribution in [0.5, 0.6) is 11.5 Å². The Balaban J connectivity index is 1.32. The van der Waals surface area contributed by atoms with Crippen LogP contribution in [0.25, 0.3) is 0 Å². The lowest BCUT2D eigenvalue weighted by molar-refractivity contribution is -0.150. The number of carboxylic acids is 1. The minimum atomic E-state index is -0.807. The van der Waals surface area contributed by atoms with E-state index in [1.165, 1.54) is 19.6 Å². The second kappa shape index (κ2) is 11.7. The number of carbonyl (C=O) groups is 3. The van der Waals surface area contributed by atoms with Gasteiger partial charge in [0.05, 0.1) is 35.7 Å². The van der Waals surface area contributed by atoms with Gasteiger partial charge in [0.2, 0.25) is 5.91 Å². The Kier molecular flexibility index (Phi) is 8.25. The van der Waals surface area contributed by atoms with Gasteiger partial charge in [-0.2, -0.15) is 5.26 Å². The Hall–Kier alpha value is -3.28. The van der Waals surface area contributed by atoms with Gasteiger partial charge in [-0.05, 0) is 82.6 Å². The van der Waals surface area contributed by atoms with E-state index in [1.54, 1.807) is 13.0 Å². The van der Waals surface area contributed by atoms with E-state index in [9.17, 15) is 24.8 Å². The predicted octanol–water partition coefficient (Wildman–Crippen LogP) is 4.57. The fourth-order valence-corrected chi connectivity index (χ4v) is 7.48. The smallest absolute Gasteiger partial charge is 0.309 e. The summed E-state index contributed by atoms with van der Waals surface area (Å²) in [5.41, 5.74) is -0.259. The lowest BCUT2D eigenvalue weighted by Crippen LogP contribution is -2.51. The fourth-order valence-electron chi connectivity index (χ4n) is 7.48. The van der Waals surface area contributed by atoms with Gasteiger partial charge in [0, 0.05) is 18.2 Å². The molecule has 0 radical (unpaired) electrons. The maximum atomic E-state index is 13.7. The van der Waals surface area contributed by atoms with Crippen LogP contribution in [0, 0.1) is 34.5 Å². The van der Waals surface area contributed by atoms with Gasteiger partial charge in [-0.3, -0.25) is 14.4 Å². The van der Waals surface area contributed by atoms with Gasteiger partial charge < -0.3 is 25.2 Å². The molecule has 1 aromatic rings. The first-order valence-electron chi connectivity index (χ1n) is 14.9. The van der Waals surface area contributed by atoms with Gasteiger partial charge in [0.15, 0.2) is 0 Å². The van der Waals surface area contributed by atoms with Crippen LogP contribution in [0.4, 0.5) is 0 Å². The summed E-state index contributed by atoms with van der Waals surface area (Å²) in [6.45, 7) is 1.75. The number of fused-ring (bicyclic) bond motifs is 2. The number of amides is 2. The normalized spacial score (nSPS) is 31.7. The van der Waals surface area contributed by atoms with Crippen LogP contribution in [-0.2, 0) is 9.59 Å². The van der Waals surface area contributed by atoms with Crippen molar-refractivity contribution in [3.8, 4) is 17.6 Å². The van der Waals surface area contributed by atoms with Crippen molar-refractivity contribution >= 4 is 17.8 Å². The van der Waals surface area contributed by atoms with Crippen LogP contribution in [-0.4, -0.2) is 48.2 Å². The number of aliphatic carboxylic acids is 1. The van der Waals surface area contributed by atoms with Crippen LogP contribution in [0.15, 0.2) is 12.1 Å². The number of benzene rings is 1. The first-order chi connectivity index (χ1) is 19.2. The topological polar surface area (TPSA) is 138 Å². The molecule has 5 rings (SSSR count). The number of nitriles is 1. The first-order valence-corrected chi connectivity index (χ1v) is 14.9. The van der Waals surface area contributed by atoms with Gasteiger partial charge in [-0.15, -0.1) is 0 Å². The summed E-state index contributed by atoms with van der Waals surface area (Å²) in [7, 11) is 1.46. The van der Waals surface area contributed by atoms with Gasteiger partial charge in [-0.25, -0.2) is 0 Å². The van der Waals surface area contributed by atoms with E-state index in [4.69, 9.17) is 9.47 Å². The molecule has 2 bridgehead atoms. The number of nitrogens with zero attached hydrogens (tertiary/aromatic N) is 1. The Morgan fingerprint density at radius 2 is 1.68 bits per heavy atom. The molecule has 2 amide bonds. The molecule has 4 atom stereocenters. The Labute approximate surface area is 236 Å². The highest BCUT2D eigenvalue weighted by Crippen LogP contribution is 2.49. The number of nitrogens with one attached hydrogen (secondary N) is 2. The minimum absolute atomic E-state index is 0.0610. The average molecular weight is 552 g/mol. The van der Waals surface area contributed by atoms with E-state index >= 15 is 0 Å². The number of carboxylic acid groups (broad SMARTS) is 1. The van der Waals surface area contributed by atoms with Gasteiger partial charge in [-0.1, -0.05) is 19.3 Å². The van der Waals surface area contributed by atoms with Crippen molar-refractivity contribution in [2.24, 2.45) is 23.2 Å². The summed E-state index contributed by atoms with van der Waals surface area (Å²) in [5.74, 6) is -0.224. The van der Waals surface area contributed by atoms with Crippen molar-refractivity contribution in [1.29, 1.82) is 5.26 Å². The van der Waals surface area contributed by atoms with Crippen molar-refractivity contribution in [3.05, 3.63) is 23.3 Å².